The standard InChI is InChI=1S/C22H21FN4O3/c1-13(28)26-12-21-20-9-16-8-17(18(23)10-19(16)27(20)22(29)30-21)15-4-2-14(3-5-15)11-25-7-6-24/h2-5,8,10,20-21,25H,7,9,11-12H2,1H3,(H,26,28)/t20-,21-/m0/s1. The Labute approximate surface area is 173 Å². The third-order valence-electron chi connectivity index (χ3n) is 5.42. The van der Waals surface area contributed by atoms with E-state index in [1.807, 2.05) is 30.3 Å². The van der Waals surface area contributed by atoms with Gasteiger partial charge in [0.2, 0.25) is 5.91 Å². The number of nitrogens with zero attached hydrogens (tertiary/aromatic N) is 2. The lowest BCUT2D eigenvalue weighted by molar-refractivity contribution is -0.119. The van der Waals surface area contributed by atoms with Gasteiger partial charge in [0.15, 0.2) is 0 Å². The second-order valence-corrected chi connectivity index (χ2v) is 7.42. The van der Waals surface area contributed by atoms with Crippen molar-refractivity contribution in [2.75, 3.05) is 18.0 Å². The zero-order chi connectivity index (χ0) is 21.3. The third-order valence-corrected chi connectivity index (χ3v) is 5.42. The molecule has 2 aromatic carbocycles. The number of hydrogen-bond donors (Lipinski definition) is 2. The first-order chi connectivity index (χ1) is 14.5. The minimum Gasteiger partial charge on any atom is -0.442 e. The van der Waals surface area contributed by atoms with Crippen LogP contribution in [-0.4, -0.2) is 37.2 Å². The van der Waals surface area contributed by atoms with Gasteiger partial charge in [0.25, 0.3) is 0 Å². The first-order valence-corrected chi connectivity index (χ1v) is 9.71. The smallest absolute Gasteiger partial charge is 0.415 e. The molecule has 0 aliphatic carbocycles. The number of nitriles is 1. The van der Waals surface area contributed by atoms with Gasteiger partial charge in [-0.2, -0.15) is 5.26 Å². The summed E-state index contributed by atoms with van der Waals surface area (Å²) in [5.41, 5.74) is 3.61. The van der Waals surface area contributed by atoms with E-state index in [2.05, 4.69) is 10.6 Å². The molecule has 2 N–H and O–H groups in total. The number of cyclic esters (lactones) is 1. The summed E-state index contributed by atoms with van der Waals surface area (Å²) in [6.07, 6.45) is -0.453. The van der Waals surface area contributed by atoms with Crippen LogP contribution < -0.4 is 15.5 Å². The van der Waals surface area contributed by atoms with Gasteiger partial charge < -0.3 is 15.4 Å². The lowest BCUT2D eigenvalue weighted by Crippen LogP contribution is -2.40. The highest BCUT2D eigenvalue weighted by Gasteiger charge is 2.47. The van der Waals surface area contributed by atoms with Crippen molar-refractivity contribution < 1.29 is 18.7 Å². The summed E-state index contributed by atoms with van der Waals surface area (Å²) in [5.74, 6) is -0.609. The molecule has 1 saturated heterocycles. The molecule has 2 aliphatic heterocycles. The molecule has 2 aliphatic rings. The van der Waals surface area contributed by atoms with Crippen molar-refractivity contribution in [3.63, 3.8) is 0 Å². The summed E-state index contributed by atoms with van der Waals surface area (Å²) in [7, 11) is 0. The van der Waals surface area contributed by atoms with Crippen molar-refractivity contribution in [1.82, 2.24) is 10.6 Å². The molecular weight excluding hydrogens is 387 g/mol. The number of carbonyl (C=O) groups excluding carboxylic acids is 2. The van der Waals surface area contributed by atoms with Gasteiger partial charge in [-0.05, 0) is 35.2 Å². The monoisotopic (exact) mass is 408 g/mol. The van der Waals surface area contributed by atoms with Crippen LogP contribution in [-0.2, 0) is 22.5 Å². The van der Waals surface area contributed by atoms with Gasteiger partial charge in [-0.3, -0.25) is 9.69 Å². The van der Waals surface area contributed by atoms with E-state index in [0.717, 1.165) is 16.7 Å². The van der Waals surface area contributed by atoms with Gasteiger partial charge in [0.05, 0.1) is 30.9 Å². The average molecular weight is 408 g/mol. The van der Waals surface area contributed by atoms with Crippen molar-refractivity contribution in [3.05, 3.63) is 53.3 Å². The predicted octanol–water partition coefficient (Wildman–Crippen LogP) is 2.49. The summed E-state index contributed by atoms with van der Waals surface area (Å²) in [6.45, 7) is 2.47. The van der Waals surface area contributed by atoms with E-state index in [1.54, 1.807) is 6.07 Å². The Morgan fingerprint density at radius 3 is 2.80 bits per heavy atom. The lowest BCUT2D eigenvalue weighted by Gasteiger charge is -2.16. The number of amides is 2. The molecule has 2 amide bonds. The second kappa shape index (κ2) is 8.13. The van der Waals surface area contributed by atoms with E-state index >= 15 is 0 Å². The topological polar surface area (TPSA) is 94.5 Å². The average Bonchev–Trinajstić information content (AvgIpc) is 3.23. The van der Waals surface area contributed by atoms with Crippen LogP contribution in [0.2, 0.25) is 0 Å². The first-order valence-electron chi connectivity index (χ1n) is 9.71. The minimum absolute atomic E-state index is 0.195. The highest BCUT2D eigenvalue weighted by Crippen LogP contribution is 2.41. The second-order valence-electron chi connectivity index (χ2n) is 7.42. The van der Waals surface area contributed by atoms with Gasteiger partial charge in [-0.25, -0.2) is 9.18 Å². The van der Waals surface area contributed by atoms with Crippen molar-refractivity contribution in [3.8, 4) is 17.2 Å². The van der Waals surface area contributed by atoms with Gasteiger partial charge in [-0.1, -0.05) is 24.3 Å². The van der Waals surface area contributed by atoms with E-state index in [-0.39, 0.29) is 25.0 Å². The molecule has 0 saturated carbocycles. The quantitative estimate of drug-likeness (QED) is 0.566. The molecular formula is C22H21FN4O3. The molecule has 0 aromatic heterocycles. The third kappa shape index (κ3) is 3.72. The maximum atomic E-state index is 14.9. The fraction of sp³-hybridized carbons (Fsp3) is 0.318. The molecule has 0 radical (unpaired) electrons. The summed E-state index contributed by atoms with van der Waals surface area (Å²) in [5, 5.41) is 14.3. The van der Waals surface area contributed by atoms with Crippen LogP contribution in [0.5, 0.6) is 0 Å². The van der Waals surface area contributed by atoms with Gasteiger partial charge >= 0.3 is 6.09 Å². The number of nitrogens with one attached hydrogen (secondary N) is 2. The number of benzene rings is 2. The SMILES string of the molecule is CC(=O)NC[C@@H]1OC(=O)N2c3cc(F)c(-c4ccc(CNCC#N)cc4)cc3C[C@@H]12. The molecule has 0 spiro atoms. The number of rotatable bonds is 6. The van der Waals surface area contributed by atoms with E-state index in [4.69, 9.17) is 10.00 Å². The van der Waals surface area contributed by atoms with Crippen molar-refractivity contribution >= 4 is 17.7 Å². The van der Waals surface area contributed by atoms with Gasteiger partial charge in [0.1, 0.15) is 11.9 Å². The zero-order valence-corrected chi connectivity index (χ0v) is 16.4. The Kier molecular flexibility index (Phi) is 5.38. The predicted molar refractivity (Wildman–Crippen MR) is 108 cm³/mol. The molecule has 0 unspecified atom stereocenters. The van der Waals surface area contributed by atoms with Gasteiger partial charge in [-0.15, -0.1) is 0 Å². The van der Waals surface area contributed by atoms with Crippen LogP contribution in [0.25, 0.3) is 11.1 Å². The van der Waals surface area contributed by atoms with Crippen molar-refractivity contribution in [2.24, 2.45) is 0 Å². The molecule has 8 heteroatoms. The molecule has 7 nitrogen and oxygen atoms in total. The first kappa shape index (κ1) is 19.9. The van der Waals surface area contributed by atoms with E-state index in [9.17, 15) is 14.0 Å². The van der Waals surface area contributed by atoms with E-state index in [0.29, 0.717) is 24.2 Å². The molecule has 30 heavy (non-hydrogen) atoms. The van der Waals surface area contributed by atoms with Crippen molar-refractivity contribution in [1.29, 1.82) is 5.26 Å². The van der Waals surface area contributed by atoms with E-state index < -0.39 is 18.0 Å². The number of halogens is 1. The highest BCUT2D eigenvalue weighted by molar-refractivity contribution is 5.94. The molecule has 2 heterocycles. The van der Waals surface area contributed by atoms with Crippen LogP contribution in [0, 0.1) is 17.1 Å². The fourth-order valence-electron chi connectivity index (χ4n) is 4.00. The van der Waals surface area contributed by atoms with Crippen LogP contribution in [0.3, 0.4) is 0 Å². The van der Waals surface area contributed by atoms with Crippen molar-refractivity contribution in [2.45, 2.75) is 32.0 Å². The molecule has 2 atom stereocenters. The molecule has 2 aromatic rings. The molecule has 154 valence electrons. The van der Waals surface area contributed by atoms with Crippen LogP contribution >= 0.6 is 0 Å². The molecule has 4 rings (SSSR count). The fourth-order valence-corrected chi connectivity index (χ4v) is 4.00. The summed E-state index contributed by atoms with van der Waals surface area (Å²) < 4.78 is 20.3. The van der Waals surface area contributed by atoms with Gasteiger partial charge in [0, 0.05) is 19.0 Å². The Morgan fingerprint density at radius 1 is 1.33 bits per heavy atom. The number of fused-ring (bicyclic) bond motifs is 3. The zero-order valence-electron chi connectivity index (χ0n) is 16.4. The maximum absolute atomic E-state index is 14.9. The number of hydrogen-bond acceptors (Lipinski definition) is 5. The molecule has 0 bridgehead atoms. The Hall–Kier alpha value is -3.44. The lowest BCUT2D eigenvalue weighted by atomic mass is 9.98. The van der Waals surface area contributed by atoms with Crippen LogP contribution in [0.1, 0.15) is 18.1 Å². The minimum atomic E-state index is -0.518. The Bertz CT molecular complexity index is 1030. The maximum Gasteiger partial charge on any atom is 0.415 e. The summed E-state index contributed by atoms with van der Waals surface area (Å²) in [4.78, 5) is 25.0. The highest BCUT2D eigenvalue weighted by atomic mass is 19.1. The normalized spacial score (nSPS) is 19.1. The van der Waals surface area contributed by atoms with Crippen LogP contribution in [0.4, 0.5) is 14.9 Å². The van der Waals surface area contributed by atoms with E-state index in [1.165, 1.54) is 17.9 Å². The molecule has 1 fully saturated rings. The Balaban J connectivity index is 1.56. The number of ether oxygens (including phenoxy) is 1. The largest absolute Gasteiger partial charge is 0.442 e. The number of anilines is 1. The summed E-state index contributed by atoms with van der Waals surface area (Å²) in [6, 6.07) is 12.4. The Morgan fingerprint density at radius 2 is 2.10 bits per heavy atom. The van der Waals surface area contributed by atoms with Crippen LogP contribution in [0.15, 0.2) is 36.4 Å². The number of carbonyl (C=O) groups is 2. The summed E-state index contributed by atoms with van der Waals surface area (Å²) >= 11 is 0.